The van der Waals surface area contributed by atoms with Gasteiger partial charge in [0.25, 0.3) is 0 Å². The fourth-order valence-electron chi connectivity index (χ4n) is 3.53. The molecule has 4 rings (SSSR count). The Morgan fingerprint density at radius 2 is 1.76 bits per heavy atom. The lowest BCUT2D eigenvalue weighted by molar-refractivity contribution is 0.263. The van der Waals surface area contributed by atoms with Gasteiger partial charge in [0, 0.05) is 28.3 Å². The Labute approximate surface area is 157 Å². The first-order valence-corrected chi connectivity index (χ1v) is 9.81. The van der Waals surface area contributed by atoms with Crippen molar-refractivity contribution in [3.05, 3.63) is 59.2 Å². The maximum absolute atomic E-state index is 5.90. The van der Waals surface area contributed by atoms with Crippen LogP contribution in [0, 0.1) is 0 Å². The summed E-state index contributed by atoms with van der Waals surface area (Å²) in [6.07, 6.45) is 5.92. The van der Waals surface area contributed by atoms with Gasteiger partial charge in [-0.1, -0.05) is 15.9 Å². The van der Waals surface area contributed by atoms with E-state index in [4.69, 9.17) is 4.74 Å². The molecule has 0 bridgehead atoms. The van der Waals surface area contributed by atoms with Gasteiger partial charge >= 0.3 is 0 Å². The molecule has 1 saturated heterocycles. The Bertz CT molecular complexity index is 835. The third-order valence-corrected chi connectivity index (χ3v) is 5.35. The summed E-state index contributed by atoms with van der Waals surface area (Å²) in [7, 11) is 0. The lowest BCUT2D eigenvalue weighted by Gasteiger charge is -2.14. The van der Waals surface area contributed by atoms with Crippen LogP contribution in [-0.2, 0) is 0 Å². The van der Waals surface area contributed by atoms with Gasteiger partial charge in [-0.2, -0.15) is 0 Å². The van der Waals surface area contributed by atoms with Crippen molar-refractivity contribution in [2.24, 2.45) is 0 Å². The zero-order chi connectivity index (χ0) is 17.1. The molecule has 0 saturated carbocycles. The zero-order valence-corrected chi connectivity index (χ0v) is 15.9. The molecule has 2 heterocycles. The highest BCUT2D eigenvalue weighted by atomic mass is 79.9. The highest BCUT2D eigenvalue weighted by Crippen LogP contribution is 2.25. The smallest absolute Gasteiger partial charge is 0.119 e. The van der Waals surface area contributed by atoms with Gasteiger partial charge in [0.05, 0.1) is 12.1 Å². The van der Waals surface area contributed by atoms with Gasteiger partial charge in [0.1, 0.15) is 5.75 Å². The highest BCUT2D eigenvalue weighted by molar-refractivity contribution is 9.10. The summed E-state index contributed by atoms with van der Waals surface area (Å²) in [5.41, 5.74) is 2.37. The van der Waals surface area contributed by atoms with Crippen LogP contribution in [0.3, 0.4) is 0 Å². The molecule has 0 aliphatic carbocycles. The number of hydrogen-bond donors (Lipinski definition) is 0. The molecule has 0 unspecified atom stereocenters. The maximum atomic E-state index is 5.90. The Balaban J connectivity index is 1.37. The summed E-state index contributed by atoms with van der Waals surface area (Å²) in [4.78, 5) is 2.53. The molecule has 130 valence electrons. The van der Waals surface area contributed by atoms with Gasteiger partial charge in [0.15, 0.2) is 0 Å². The van der Waals surface area contributed by atoms with Crippen LogP contribution in [0.1, 0.15) is 19.3 Å². The number of likely N-dealkylation sites (tertiary alicyclic amines) is 1. The molecule has 0 amide bonds. The number of ether oxygens (including phenoxy) is 1. The van der Waals surface area contributed by atoms with Crippen molar-refractivity contribution in [1.29, 1.82) is 0 Å². The molecule has 1 aliphatic heterocycles. The van der Waals surface area contributed by atoms with Crippen molar-refractivity contribution < 1.29 is 4.74 Å². The van der Waals surface area contributed by atoms with Crippen LogP contribution in [0.25, 0.3) is 16.6 Å². The number of nitrogens with zero attached hydrogens (tertiary/aromatic N) is 2. The quantitative estimate of drug-likeness (QED) is 0.527. The third kappa shape index (κ3) is 3.91. The number of fused-ring (bicyclic) bond motifs is 1. The van der Waals surface area contributed by atoms with Crippen LogP contribution in [0.15, 0.2) is 59.2 Å². The molecular formula is C21H23BrN2O. The fourth-order valence-corrected chi connectivity index (χ4v) is 3.90. The van der Waals surface area contributed by atoms with E-state index in [1.54, 1.807) is 0 Å². The molecule has 0 N–H and O–H groups in total. The molecule has 3 nitrogen and oxygen atoms in total. The van der Waals surface area contributed by atoms with Crippen molar-refractivity contribution in [2.75, 3.05) is 26.2 Å². The van der Waals surface area contributed by atoms with E-state index in [9.17, 15) is 0 Å². The van der Waals surface area contributed by atoms with E-state index in [2.05, 4.69) is 80.1 Å². The summed E-state index contributed by atoms with van der Waals surface area (Å²) < 4.78 is 9.21. The van der Waals surface area contributed by atoms with Crippen LogP contribution in [-0.4, -0.2) is 35.7 Å². The van der Waals surface area contributed by atoms with E-state index in [1.165, 1.54) is 36.8 Å². The highest BCUT2D eigenvalue weighted by Gasteiger charge is 2.10. The van der Waals surface area contributed by atoms with E-state index < -0.39 is 0 Å². The maximum Gasteiger partial charge on any atom is 0.119 e. The second-order valence-electron chi connectivity index (χ2n) is 6.63. The molecule has 0 radical (unpaired) electrons. The van der Waals surface area contributed by atoms with Crippen LogP contribution < -0.4 is 4.74 Å². The van der Waals surface area contributed by atoms with Crippen LogP contribution in [0.4, 0.5) is 0 Å². The predicted molar refractivity (Wildman–Crippen MR) is 107 cm³/mol. The first kappa shape index (κ1) is 16.7. The molecule has 1 aliphatic rings. The molecule has 3 aromatic rings. The summed E-state index contributed by atoms with van der Waals surface area (Å²) in [6, 6.07) is 16.9. The average molecular weight is 399 g/mol. The van der Waals surface area contributed by atoms with Gasteiger partial charge < -0.3 is 14.2 Å². The molecule has 0 spiro atoms. The second kappa shape index (κ2) is 7.63. The minimum Gasteiger partial charge on any atom is -0.494 e. The molecule has 25 heavy (non-hydrogen) atoms. The number of hydrogen-bond acceptors (Lipinski definition) is 2. The van der Waals surface area contributed by atoms with E-state index in [0.29, 0.717) is 0 Å². The zero-order valence-electron chi connectivity index (χ0n) is 14.3. The van der Waals surface area contributed by atoms with Crippen LogP contribution in [0.2, 0.25) is 0 Å². The lowest BCUT2D eigenvalue weighted by atomic mass is 10.2. The fraction of sp³-hybridized carbons (Fsp3) is 0.333. The second-order valence-corrected chi connectivity index (χ2v) is 7.55. The monoisotopic (exact) mass is 398 g/mol. The normalized spacial score (nSPS) is 15.1. The van der Waals surface area contributed by atoms with Crippen molar-refractivity contribution in [3.63, 3.8) is 0 Å². The average Bonchev–Trinajstić information content (AvgIpc) is 3.28. The topological polar surface area (TPSA) is 17.4 Å². The Morgan fingerprint density at radius 3 is 2.56 bits per heavy atom. The van der Waals surface area contributed by atoms with E-state index in [1.807, 2.05) is 0 Å². The summed E-state index contributed by atoms with van der Waals surface area (Å²) in [6.45, 7) is 4.46. The molecular weight excluding hydrogens is 376 g/mol. The predicted octanol–water partition coefficient (Wildman–Crippen LogP) is 5.26. The first-order chi connectivity index (χ1) is 12.3. The molecule has 0 atom stereocenters. The third-order valence-electron chi connectivity index (χ3n) is 4.85. The summed E-state index contributed by atoms with van der Waals surface area (Å²) in [5.74, 6) is 0.948. The lowest BCUT2D eigenvalue weighted by Crippen LogP contribution is -2.21. The minimum atomic E-state index is 0.788. The number of benzene rings is 2. The van der Waals surface area contributed by atoms with Gasteiger partial charge in [0.2, 0.25) is 0 Å². The Morgan fingerprint density at radius 1 is 0.960 bits per heavy atom. The molecule has 1 fully saturated rings. The van der Waals surface area contributed by atoms with Crippen LogP contribution >= 0.6 is 15.9 Å². The van der Waals surface area contributed by atoms with Gasteiger partial charge in [-0.25, -0.2) is 0 Å². The number of aromatic nitrogens is 1. The van der Waals surface area contributed by atoms with Crippen molar-refractivity contribution >= 4 is 26.8 Å². The molecule has 1 aromatic heterocycles. The minimum absolute atomic E-state index is 0.788. The Hall–Kier alpha value is -1.78. The largest absolute Gasteiger partial charge is 0.494 e. The number of rotatable bonds is 6. The summed E-state index contributed by atoms with van der Waals surface area (Å²) in [5, 5.41) is 1.23. The van der Waals surface area contributed by atoms with Gasteiger partial charge in [-0.05, 0) is 80.9 Å². The first-order valence-electron chi connectivity index (χ1n) is 9.02. The summed E-state index contributed by atoms with van der Waals surface area (Å²) >= 11 is 3.53. The van der Waals surface area contributed by atoms with Crippen molar-refractivity contribution in [1.82, 2.24) is 9.47 Å². The molecule has 2 aromatic carbocycles. The van der Waals surface area contributed by atoms with Crippen molar-refractivity contribution in [3.8, 4) is 11.4 Å². The Kier molecular flexibility index (Phi) is 5.09. The van der Waals surface area contributed by atoms with Crippen LogP contribution in [0.5, 0.6) is 5.75 Å². The number of halogens is 1. The standard InChI is InChI=1S/C21H23BrN2O/c22-18-4-9-21-17(16-18)10-14-24(21)19-5-7-20(8-6-19)25-15-3-13-23-11-1-2-12-23/h4-10,14,16H,1-3,11-13,15H2. The van der Waals surface area contributed by atoms with Crippen molar-refractivity contribution in [2.45, 2.75) is 19.3 Å². The molecule has 4 heteroatoms. The van der Waals surface area contributed by atoms with E-state index in [-0.39, 0.29) is 0 Å². The van der Waals surface area contributed by atoms with E-state index >= 15 is 0 Å². The van der Waals surface area contributed by atoms with Gasteiger partial charge in [-0.15, -0.1) is 0 Å². The van der Waals surface area contributed by atoms with Gasteiger partial charge in [-0.3, -0.25) is 0 Å². The van der Waals surface area contributed by atoms with E-state index in [0.717, 1.165) is 35.5 Å². The SMILES string of the molecule is Brc1ccc2c(ccn2-c2ccc(OCCCN3CCCC3)cc2)c1.